The van der Waals surface area contributed by atoms with Crippen LogP contribution in [0.3, 0.4) is 0 Å². The minimum atomic E-state index is 1.29. The molecule has 0 unspecified atom stereocenters. The summed E-state index contributed by atoms with van der Waals surface area (Å²) in [5, 5.41) is 0. The van der Waals surface area contributed by atoms with E-state index in [9.17, 15) is 0 Å². The molecule has 1 aromatic rings. The van der Waals surface area contributed by atoms with E-state index in [-0.39, 0.29) is 0 Å². The molecule has 1 rings (SSSR count). The van der Waals surface area contributed by atoms with Gasteiger partial charge in [0.05, 0.1) is 0 Å². The van der Waals surface area contributed by atoms with E-state index in [0.717, 1.165) is 0 Å². The molecule has 0 aromatic carbocycles. The third-order valence-electron chi connectivity index (χ3n) is 0.885. The maximum atomic E-state index is 2.93. The Kier molecular flexibility index (Phi) is 4.79. The van der Waals surface area contributed by atoms with Gasteiger partial charge in [-0.2, -0.15) is 0 Å². The topological polar surface area (TPSA) is 14.1 Å². The quantitative estimate of drug-likeness (QED) is 0.501. The van der Waals surface area contributed by atoms with Crippen molar-refractivity contribution in [1.82, 2.24) is 0 Å². The van der Waals surface area contributed by atoms with Gasteiger partial charge < -0.3 is 0 Å². The van der Waals surface area contributed by atoms with Crippen molar-refractivity contribution < 1.29 is 4.98 Å². The molecule has 50 valence electrons. The van der Waals surface area contributed by atoms with Crippen LogP contribution in [0.4, 0.5) is 0 Å². The molecular weight excluding hydrogens is 110 g/mol. The van der Waals surface area contributed by atoms with E-state index in [4.69, 9.17) is 0 Å². The lowest BCUT2D eigenvalue weighted by atomic mass is 10.3. The third kappa shape index (κ3) is 3.71. The monoisotopic (exact) mass is 124 g/mol. The second-order valence-corrected chi connectivity index (χ2v) is 1.58. The van der Waals surface area contributed by atoms with Crippen LogP contribution in [-0.2, 0) is 0 Å². The SMILES string of the molecule is CC.Cc1cc[nH+]cc1. The minimum absolute atomic E-state index is 1.29. The zero-order valence-electron chi connectivity index (χ0n) is 6.31. The minimum Gasteiger partial charge on any atom is -0.218 e. The number of aromatic amines is 1. The summed E-state index contributed by atoms with van der Waals surface area (Å²) in [6, 6.07) is 4.06. The van der Waals surface area contributed by atoms with Gasteiger partial charge in [0, 0.05) is 12.1 Å². The van der Waals surface area contributed by atoms with E-state index in [1.807, 2.05) is 38.4 Å². The van der Waals surface area contributed by atoms with Gasteiger partial charge in [-0.1, -0.05) is 13.8 Å². The summed E-state index contributed by atoms with van der Waals surface area (Å²) < 4.78 is 0. The largest absolute Gasteiger partial charge is 0.218 e. The zero-order chi connectivity index (χ0) is 7.11. The Morgan fingerprint density at radius 3 is 1.78 bits per heavy atom. The van der Waals surface area contributed by atoms with E-state index in [0.29, 0.717) is 0 Å². The summed E-state index contributed by atoms with van der Waals surface area (Å²) in [5.74, 6) is 0. The first-order valence-electron chi connectivity index (χ1n) is 3.32. The van der Waals surface area contributed by atoms with Crippen molar-refractivity contribution in [3.8, 4) is 0 Å². The summed E-state index contributed by atoms with van der Waals surface area (Å²) in [5.41, 5.74) is 1.29. The first-order chi connectivity index (χ1) is 4.39. The summed E-state index contributed by atoms with van der Waals surface area (Å²) in [6.07, 6.45) is 3.82. The zero-order valence-corrected chi connectivity index (χ0v) is 6.31. The van der Waals surface area contributed by atoms with Crippen LogP contribution in [0.15, 0.2) is 24.5 Å². The molecular formula is C8H14N+. The van der Waals surface area contributed by atoms with E-state index in [1.54, 1.807) is 0 Å². The third-order valence-corrected chi connectivity index (χ3v) is 0.885. The van der Waals surface area contributed by atoms with E-state index in [1.165, 1.54) is 5.56 Å². The molecule has 1 nitrogen and oxygen atoms in total. The molecule has 1 N–H and O–H groups in total. The van der Waals surface area contributed by atoms with Gasteiger partial charge in [-0.05, 0) is 12.5 Å². The van der Waals surface area contributed by atoms with Crippen LogP contribution in [0.1, 0.15) is 19.4 Å². The summed E-state index contributed by atoms with van der Waals surface area (Å²) in [4.78, 5) is 2.93. The molecule has 0 atom stereocenters. The summed E-state index contributed by atoms with van der Waals surface area (Å²) >= 11 is 0. The van der Waals surface area contributed by atoms with Crippen LogP contribution >= 0.6 is 0 Å². The first-order valence-corrected chi connectivity index (χ1v) is 3.32. The average Bonchev–Trinajstić information content (AvgIpc) is 1.94. The lowest BCUT2D eigenvalue weighted by molar-refractivity contribution is -0.378. The molecule has 1 heteroatoms. The molecule has 0 radical (unpaired) electrons. The second kappa shape index (κ2) is 5.29. The van der Waals surface area contributed by atoms with E-state index < -0.39 is 0 Å². The number of rotatable bonds is 0. The highest BCUT2D eigenvalue weighted by Crippen LogP contribution is 1.86. The van der Waals surface area contributed by atoms with Crippen molar-refractivity contribution >= 4 is 0 Å². The first kappa shape index (κ1) is 8.15. The number of nitrogens with one attached hydrogen (secondary N) is 1. The molecule has 0 amide bonds. The smallest absolute Gasteiger partial charge is 0.167 e. The van der Waals surface area contributed by atoms with Gasteiger partial charge in [0.1, 0.15) is 0 Å². The normalized spacial score (nSPS) is 7.44. The van der Waals surface area contributed by atoms with Crippen LogP contribution in [0, 0.1) is 6.92 Å². The van der Waals surface area contributed by atoms with Gasteiger partial charge in [-0.15, -0.1) is 0 Å². The number of aryl methyl sites for hydroxylation is 1. The highest BCUT2D eigenvalue weighted by Gasteiger charge is 1.78. The highest BCUT2D eigenvalue weighted by molar-refractivity contribution is 5.02. The van der Waals surface area contributed by atoms with Gasteiger partial charge in [-0.25, -0.2) is 4.98 Å². The molecule has 1 aromatic heterocycles. The predicted molar refractivity (Wildman–Crippen MR) is 39.1 cm³/mol. The standard InChI is InChI=1S/C6H7N.C2H6/c1-6-2-4-7-5-3-6;1-2/h2-5H,1H3;1-2H3/p+1. The highest BCUT2D eigenvalue weighted by atomic mass is 14.6. The molecule has 0 saturated carbocycles. The van der Waals surface area contributed by atoms with Crippen LogP contribution in [0.2, 0.25) is 0 Å². The summed E-state index contributed by atoms with van der Waals surface area (Å²) in [7, 11) is 0. The Bertz CT molecular complexity index is 134. The average molecular weight is 124 g/mol. The molecule has 0 spiro atoms. The van der Waals surface area contributed by atoms with Crippen LogP contribution in [0.25, 0.3) is 0 Å². The van der Waals surface area contributed by atoms with Crippen molar-refractivity contribution in [1.29, 1.82) is 0 Å². The van der Waals surface area contributed by atoms with Crippen molar-refractivity contribution in [2.24, 2.45) is 0 Å². The lowest BCUT2D eigenvalue weighted by Crippen LogP contribution is -1.95. The number of pyridine rings is 1. The molecule has 1 heterocycles. The Balaban J connectivity index is 0.000000291. The number of hydrogen-bond donors (Lipinski definition) is 0. The number of hydrogen-bond acceptors (Lipinski definition) is 0. The van der Waals surface area contributed by atoms with Crippen molar-refractivity contribution in [3.05, 3.63) is 30.1 Å². The second-order valence-electron chi connectivity index (χ2n) is 1.58. The molecule has 0 aliphatic carbocycles. The lowest BCUT2D eigenvalue weighted by Gasteiger charge is -1.77. The molecule has 0 bridgehead atoms. The molecule has 0 fully saturated rings. The molecule has 0 saturated heterocycles. The Morgan fingerprint density at radius 1 is 1.11 bits per heavy atom. The van der Waals surface area contributed by atoms with Gasteiger partial charge in [0.25, 0.3) is 0 Å². The van der Waals surface area contributed by atoms with Crippen molar-refractivity contribution in [2.75, 3.05) is 0 Å². The van der Waals surface area contributed by atoms with Crippen molar-refractivity contribution in [2.45, 2.75) is 20.8 Å². The van der Waals surface area contributed by atoms with Crippen LogP contribution in [-0.4, -0.2) is 0 Å². The fourth-order valence-electron chi connectivity index (χ4n) is 0.470. The fourth-order valence-corrected chi connectivity index (χ4v) is 0.470. The Labute approximate surface area is 56.8 Å². The van der Waals surface area contributed by atoms with Gasteiger partial charge in [0.15, 0.2) is 12.4 Å². The van der Waals surface area contributed by atoms with Crippen molar-refractivity contribution in [3.63, 3.8) is 0 Å². The van der Waals surface area contributed by atoms with Gasteiger partial charge in [-0.3, -0.25) is 0 Å². The van der Waals surface area contributed by atoms with Crippen LogP contribution in [0.5, 0.6) is 0 Å². The number of H-pyrrole nitrogens is 1. The molecule has 0 aliphatic heterocycles. The Morgan fingerprint density at radius 2 is 1.56 bits per heavy atom. The van der Waals surface area contributed by atoms with Gasteiger partial charge in [0.2, 0.25) is 0 Å². The van der Waals surface area contributed by atoms with Crippen LogP contribution < -0.4 is 4.98 Å². The number of aromatic nitrogens is 1. The molecule has 9 heavy (non-hydrogen) atoms. The Hall–Kier alpha value is -0.850. The maximum Gasteiger partial charge on any atom is 0.167 e. The maximum absolute atomic E-state index is 2.93. The van der Waals surface area contributed by atoms with Gasteiger partial charge >= 0.3 is 0 Å². The van der Waals surface area contributed by atoms with E-state index in [2.05, 4.69) is 11.9 Å². The van der Waals surface area contributed by atoms with E-state index >= 15 is 0 Å². The predicted octanol–water partition coefficient (Wildman–Crippen LogP) is 1.84. The summed E-state index contributed by atoms with van der Waals surface area (Å²) in [6.45, 7) is 6.06. The fraction of sp³-hybridized carbons (Fsp3) is 0.375. The molecule has 0 aliphatic rings.